The molecule has 1 aromatic heterocycles. The lowest BCUT2D eigenvalue weighted by molar-refractivity contribution is 0.0593. The second-order valence-corrected chi connectivity index (χ2v) is 4.55. The zero-order valence-electron chi connectivity index (χ0n) is 12.0. The molecule has 106 valence electrons. The van der Waals surface area contributed by atoms with Crippen LogP contribution in [-0.4, -0.2) is 29.1 Å². The molecule has 1 rings (SSSR count). The fourth-order valence-electron chi connectivity index (χ4n) is 1.94. The van der Waals surface area contributed by atoms with Gasteiger partial charge >= 0.3 is 5.97 Å². The van der Waals surface area contributed by atoms with Crippen molar-refractivity contribution in [3.05, 3.63) is 18.1 Å². The fourth-order valence-corrected chi connectivity index (χ4v) is 1.94. The second kappa shape index (κ2) is 8.45. The summed E-state index contributed by atoms with van der Waals surface area (Å²) in [6, 6.07) is 0.382. The van der Waals surface area contributed by atoms with Gasteiger partial charge in [-0.05, 0) is 12.8 Å². The van der Waals surface area contributed by atoms with Crippen molar-refractivity contribution >= 4 is 11.8 Å². The van der Waals surface area contributed by atoms with E-state index in [9.17, 15) is 4.79 Å². The highest BCUT2D eigenvalue weighted by Gasteiger charge is 2.11. The minimum Gasteiger partial charge on any atom is -0.464 e. The van der Waals surface area contributed by atoms with Crippen molar-refractivity contribution < 1.29 is 9.53 Å². The Morgan fingerprint density at radius 2 is 2.11 bits per heavy atom. The van der Waals surface area contributed by atoms with Crippen molar-refractivity contribution in [2.75, 3.05) is 12.4 Å². The lowest BCUT2D eigenvalue weighted by Gasteiger charge is -2.18. The van der Waals surface area contributed by atoms with Gasteiger partial charge in [-0.25, -0.2) is 9.78 Å². The average molecular weight is 265 g/mol. The van der Waals surface area contributed by atoms with Crippen molar-refractivity contribution in [1.82, 2.24) is 9.97 Å². The molecule has 0 aliphatic carbocycles. The standard InChI is InChI=1S/C14H23N3O2/c1-4-6-8-11(7-5-2)16-13-10-15-9-12(17-13)14(18)19-3/h9-11H,4-8H2,1-3H3,(H,16,17). The van der Waals surface area contributed by atoms with Crippen LogP contribution in [0.25, 0.3) is 0 Å². The molecule has 1 aromatic rings. The number of nitrogens with one attached hydrogen (secondary N) is 1. The number of rotatable bonds is 8. The Balaban J connectivity index is 2.69. The van der Waals surface area contributed by atoms with Crippen molar-refractivity contribution in [3.63, 3.8) is 0 Å². The van der Waals surface area contributed by atoms with Gasteiger partial charge in [-0.2, -0.15) is 0 Å². The van der Waals surface area contributed by atoms with Crippen LogP contribution in [0.5, 0.6) is 0 Å². The summed E-state index contributed by atoms with van der Waals surface area (Å²) in [6.07, 6.45) is 8.72. The van der Waals surface area contributed by atoms with Gasteiger partial charge in [-0.15, -0.1) is 0 Å². The van der Waals surface area contributed by atoms with Gasteiger partial charge in [0.2, 0.25) is 0 Å². The van der Waals surface area contributed by atoms with Gasteiger partial charge in [0.25, 0.3) is 0 Å². The minimum absolute atomic E-state index is 0.234. The van der Waals surface area contributed by atoms with E-state index in [1.807, 2.05) is 0 Å². The van der Waals surface area contributed by atoms with E-state index in [-0.39, 0.29) is 5.69 Å². The van der Waals surface area contributed by atoms with Gasteiger partial charge in [-0.1, -0.05) is 33.1 Å². The fraction of sp³-hybridized carbons (Fsp3) is 0.643. The Hall–Kier alpha value is -1.65. The predicted molar refractivity (Wildman–Crippen MR) is 75.2 cm³/mol. The molecule has 1 N–H and O–H groups in total. The summed E-state index contributed by atoms with van der Waals surface area (Å²) in [5.74, 6) is 0.175. The largest absolute Gasteiger partial charge is 0.464 e. The molecule has 1 atom stereocenters. The van der Waals surface area contributed by atoms with Crippen molar-refractivity contribution in [2.45, 2.75) is 52.0 Å². The third-order valence-corrected chi connectivity index (χ3v) is 2.92. The first-order valence-corrected chi connectivity index (χ1v) is 6.88. The number of aromatic nitrogens is 2. The van der Waals surface area contributed by atoms with E-state index in [1.165, 1.54) is 26.1 Å². The summed E-state index contributed by atoms with van der Waals surface area (Å²) >= 11 is 0. The Morgan fingerprint density at radius 3 is 2.74 bits per heavy atom. The summed E-state index contributed by atoms with van der Waals surface area (Å²) < 4.78 is 4.64. The molecule has 0 bridgehead atoms. The van der Waals surface area contributed by atoms with Crippen molar-refractivity contribution in [3.8, 4) is 0 Å². The first kappa shape index (κ1) is 15.4. The monoisotopic (exact) mass is 265 g/mol. The van der Waals surface area contributed by atoms with E-state index in [2.05, 4.69) is 33.9 Å². The highest BCUT2D eigenvalue weighted by molar-refractivity contribution is 5.87. The van der Waals surface area contributed by atoms with Gasteiger partial charge < -0.3 is 10.1 Å². The van der Waals surface area contributed by atoms with Crippen LogP contribution in [0.2, 0.25) is 0 Å². The Morgan fingerprint density at radius 1 is 1.32 bits per heavy atom. The maximum absolute atomic E-state index is 11.4. The van der Waals surface area contributed by atoms with Crippen molar-refractivity contribution in [2.24, 2.45) is 0 Å². The van der Waals surface area contributed by atoms with Crippen LogP contribution >= 0.6 is 0 Å². The number of unbranched alkanes of at least 4 members (excludes halogenated alkanes) is 1. The molecule has 0 spiro atoms. The number of nitrogens with zero attached hydrogens (tertiary/aromatic N) is 2. The zero-order valence-corrected chi connectivity index (χ0v) is 12.0. The lowest BCUT2D eigenvalue weighted by Crippen LogP contribution is -2.20. The molecule has 0 amide bonds. The van der Waals surface area contributed by atoms with Crippen LogP contribution < -0.4 is 5.32 Å². The topological polar surface area (TPSA) is 64.1 Å². The summed E-state index contributed by atoms with van der Waals surface area (Å²) in [7, 11) is 1.34. The molecule has 0 aromatic carbocycles. The lowest BCUT2D eigenvalue weighted by atomic mass is 10.1. The number of carbonyl (C=O) groups is 1. The third-order valence-electron chi connectivity index (χ3n) is 2.92. The summed E-state index contributed by atoms with van der Waals surface area (Å²) in [6.45, 7) is 4.35. The number of esters is 1. The highest BCUT2D eigenvalue weighted by atomic mass is 16.5. The van der Waals surface area contributed by atoms with E-state index in [0.717, 1.165) is 19.3 Å². The average Bonchev–Trinajstić information content (AvgIpc) is 2.44. The van der Waals surface area contributed by atoms with Crippen LogP contribution in [0.4, 0.5) is 5.82 Å². The molecule has 0 saturated carbocycles. The van der Waals surface area contributed by atoms with E-state index < -0.39 is 5.97 Å². The number of ether oxygens (including phenoxy) is 1. The molecule has 5 heteroatoms. The quantitative estimate of drug-likeness (QED) is 0.732. The normalized spacial score (nSPS) is 11.9. The van der Waals surface area contributed by atoms with Crippen LogP contribution in [-0.2, 0) is 4.74 Å². The predicted octanol–water partition coefficient (Wildman–Crippen LogP) is 3.03. The molecule has 0 saturated heterocycles. The molecular formula is C14H23N3O2. The maximum atomic E-state index is 11.4. The number of anilines is 1. The number of methoxy groups -OCH3 is 1. The van der Waals surface area contributed by atoms with Crippen LogP contribution in [0.3, 0.4) is 0 Å². The maximum Gasteiger partial charge on any atom is 0.358 e. The van der Waals surface area contributed by atoms with Crippen LogP contribution in [0, 0.1) is 0 Å². The molecule has 0 fully saturated rings. The number of carbonyl (C=O) groups excluding carboxylic acids is 1. The third kappa shape index (κ3) is 5.24. The van der Waals surface area contributed by atoms with Gasteiger partial charge in [0.05, 0.1) is 19.5 Å². The van der Waals surface area contributed by atoms with Crippen LogP contribution in [0.15, 0.2) is 12.4 Å². The SMILES string of the molecule is CCCCC(CCC)Nc1cncc(C(=O)OC)n1. The molecular weight excluding hydrogens is 242 g/mol. The van der Waals surface area contributed by atoms with Gasteiger partial charge in [0, 0.05) is 6.04 Å². The van der Waals surface area contributed by atoms with Crippen molar-refractivity contribution in [1.29, 1.82) is 0 Å². The molecule has 19 heavy (non-hydrogen) atoms. The molecule has 5 nitrogen and oxygen atoms in total. The Bertz CT molecular complexity index is 396. The first-order chi connectivity index (χ1) is 9.21. The summed E-state index contributed by atoms with van der Waals surface area (Å²) in [4.78, 5) is 19.6. The molecule has 1 unspecified atom stereocenters. The van der Waals surface area contributed by atoms with E-state index in [1.54, 1.807) is 6.20 Å². The zero-order chi connectivity index (χ0) is 14.1. The Labute approximate surface area is 114 Å². The van der Waals surface area contributed by atoms with E-state index in [0.29, 0.717) is 11.9 Å². The summed E-state index contributed by atoms with van der Waals surface area (Å²) in [5.41, 5.74) is 0.234. The van der Waals surface area contributed by atoms with Gasteiger partial charge in [0.1, 0.15) is 5.82 Å². The number of hydrogen-bond donors (Lipinski definition) is 1. The van der Waals surface area contributed by atoms with Gasteiger partial charge in [-0.3, -0.25) is 4.98 Å². The highest BCUT2D eigenvalue weighted by Crippen LogP contribution is 2.13. The second-order valence-electron chi connectivity index (χ2n) is 4.55. The summed E-state index contributed by atoms with van der Waals surface area (Å²) in [5, 5.41) is 3.35. The first-order valence-electron chi connectivity index (χ1n) is 6.88. The van der Waals surface area contributed by atoms with E-state index >= 15 is 0 Å². The molecule has 0 radical (unpaired) electrons. The smallest absolute Gasteiger partial charge is 0.358 e. The minimum atomic E-state index is -0.461. The number of hydrogen-bond acceptors (Lipinski definition) is 5. The molecule has 0 aliphatic rings. The molecule has 1 heterocycles. The Kier molecular flexibility index (Phi) is 6.85. The van der Waals surface area contributed by atoms with Crippen LogP contribution in [0.1, 0.15) is 56.4 Å². The van der Waals surface area contributed by atoms with Gasteiger partial charge in [0.15, 0.2) is 5.69 Å². The van der Waals surface area contributed by atoms with E-state index in [4.69, 9.17) is 0 Å². The molecule has 0 aliphatic heterocycles.